The van der Waals surface area contributed by atoms with Gasteiger partial charge in [-0.15, -0.1) is 6.58 Å². The number of piperidine rings is 1. The van der Waals surface area contributed by atoms with Gasteiger partial charge in [-0.3, -0.25) is 5.32 Å². The zero-order chi connectivity index (χ0) is 10.4. The van der Waals surface area contributed by atoms with Crippen LogP contribution < -0.4 is 10.6 Å². The van der Waals surface area contributed by atoms with Gasteiger partial charge in [-0.05, 0) is 19.4 Å². The minimum absolute atomic E-state index is 0.339. The first-order valence-electron chi connectivity index (χ1n) is 5.27. The highest BCUT2D eigenvalue weighted by molar-refractivity contribution is 5.13. The van der Waals surface area contributed by atoms with Crippen LogP contribution in [0.15, 0.2) is 12.7 Å². The highest BCUT2D eigenvalue weighted by atomic mass is 15.0. The highest BCUT2D eigenvalue weighted by Crippen LogP contribution is 2.26. The summed E-state index contributed by atoms with van der Waals surface area (Å²) in [6.07, 6.45) is 3.73. The summed E-state index contributed by atoms with van der Waals surface area (Å²) in [7, 11) is 0. The summed E-state index contributed by atoms with van der Waals surface area (Å²) in [4.78, 5) is 0. The van der Waals surface area contributed by atoms with Gasteiger partial charge in [-0.1, -0.05) is 13.0 Å². The molecular formula is C11H19N3. The second kappa shape index (κ2) is 5.14. The van der Waals surface area contributed by atoms with E-state index < -0.39 is 0 Å². The van der Waals surface area contributed by atoms with E-state index in [1.807, 2.05) is 6.08 Å². The van der Waals surface area contributed by atoms with Gasteiger partial charge in [-0.25, -0.2) is 0 Å². The Morgan fingerprint density at radius 1 is 1.79 bits per heavy atom. The van der Waals surface area contributed by atoms with Crippen LogP contribution in [0.3, 0.4) is 0 Å². The summed E-state index contributed by atoms with van der Waals surface area (Å²) in [6.45, 7) is 8.39. The van der Waals surface area contributed by atoms with E-state index in [2.05, 4.69) is 30.2 Å². The summed E-state index contributed by atoms with van der Waals surface area (Å²) >= 11 is 0. The van der Waals surface area contributed by atoms with Crippen LogP contribution in [-0.2, 0) is 0 Å². The first kappa shape index (κ1) is 11.2. The molecule has 0 spiro atoms. The van der Waals surface area contributed by atoms with Crippen molar-refractivity contribution in [2.75, 3.05) is 19.6 Å². The first-order chi connectivity index (χ1) is 6.79. The van der Waals surface area contributed by atoms with E-state index in [1.54, 1.807) is 0 Å². The topological polar surface area (TPSA) is 47.9 Å². The quantitative estimate of drug-likeness (QED) is 0.656. The third-order valence-electron chi connectivity index (χ3n) is 3.04. The number of hydrogen-bond donors (Lipinski definition) is 2. The van der Waals surface area contributed by atoms with E-state index in [4.69, 9.17) is 0 Å². The van der Waals surface area contributed by atoms with Crippen LogP contribution in [0.4, 0.5) is 0 Å². The smallest absolute Gasteiger partial charge is 0.112 e. The molecule has 1 aliphatic rings. The van der Waals surface area contributed by atoms with Crippen molar-refractivity contribution < 1.29 is 0 Å². The number of hydrogen-bond acceptors (Lipinski definition) is 3. The van der Waals surface area contributed by atoms with Crippen molar-refractivity contribution in [1.82, 2.24) is 10.6 Å². The molecule has 1 aliphatic heterocycles. The summed E-state index contributed by atoms with van der Waals surface area (Å²) in [5, 5.41) is 15.9. The van der Waals surface area contributed by atoms with Crippen molar-refractivity contribution in [2.45, 2.75) is 25.3 Å². The fourth-order valence-corrected chi connectivity index (χ4v) is 2.11. The Morgan fingerprint density at radius 3 is 3.14 bits per heavy atom. The third kappa shape index (κ3) is 2.14. The lowest BCUT2D eigenvalue weighted by Crippen LogP contribution is -2.58. The number of rotatable bonds is 4. The molecule has 0 aromatic carbocycles. The van der Waals surface area contributed by atoms with Crippen LogP contribution >= 0.6 is 0 Å². The van der Waals surface area contributed by atoms with E-state index in [9.17, 15) is 5.26 Å². The molecule has 2 atom stereocenters. The van der Waals surface area contributed by atoms with Crippen LogP contribution in [0, 0.1) is 17.2 Å². The normalized spacial score (nSPS) is 32.1. The van der Waals surface area contributed by atoms with Crippen molar-refractivity contribution in [1.29, 1.82) is 5.26 Å². The van der Waals surface area contributed by atoms with Gasteiger partial charge in [0.25, 0.3) is 0 Å². The molecule has 1 heterocycles. The molecule has 3 heteroatoms. The number of nitrogens with one attached hydrogen (secondary N) is 2. The molecule has 78 valence electrons. The fourth-order valence-electron chi connectivity index (χ4n) is 2.11. The van der Waals surface area contributed by atoms with Crippen LogP contribution in [0.25, 0.3) is 0 Å². The largest absolute Gasteiger partial charge is 0.316 e. The molecule has 2 N–H and O–H groups in total. The molecule has 1 rings (SSSR count). The summed E-state index contributed by atoms with van der Waals surface area (Å²) < 4.78 is 0. The second-order valence-corrected chi connectivity index (χ2v) is 3.81. The minimum Gasteiger partial charge on any atom is -0.316 e. The molecular weight excluding hydrogens is 174 g/mol. The monoisotopic (exact) mass is 193 g/mol. The lowest BCUT2D eigenvalue weighted by atomic mass is 9.78. The predicted molar refractivity (Wildman–Crippen MR) is 57.8 cm³/mol. The minimum atomic E-state index is -0.339. The summed E-state index contributed by atoms with van der Waals surface area (Å²) in [5.41, 5.74) is -0.339. The summed E-state index contributed by atoms with van der Waals surface area (Å²) in [6, 6.07) is 2.45. The predicted octanol–water partition coefficient (Wildman–Crippen LogP) is 1.04. The standard InChI is InChI=1S/C11H19N3/c1-3-6-14-11(9-12)5-7-13-8-10(11)4-2/h3,10,13-14H,1,4-8H2,2H3. The third-order valence-corrected chi connectivity index (χ3v) is 3.04. The van der Waals surface area contributed by atoms with Crippen molar-refractivity contribution in [3.63, 3.8) is 0 Å². The summed E-state index contributed by atoms with van der Waals surface area (Å²) in [5.74, 6) is 0.404. The van der Waals surface area contributed by atoms with Gasteiger partial charge in [-0.2, -0.15) is 5.26 Å². The van der Waals surface area contributed by atoms with E-state index in [0.29, 0.717) is 12.5 Å². The zero-order valence-electron chi connectivity index (χ0n) is 8.84. The molecule has 1 fully saturated rings. The zero-order valence-corrected chi connectivity index (χ0v) is 8.84. The second-order valence-electron chi connectivity index (χ2n) is 3.81. The van der Waals surface area contributed by atoms with Gasteiger partial charge < -0.3 is 5.32 Å². The Bertz CT molecular complexity index is 231. The van der Waals surface area contributed by atoms with E-state index in [0.717, 1.165) is 25.9 Å². The maximum Gasteiger partial charge on any atom is 0.112 e. The van der Waals surface area contributed by atoms with Crippen LogP contribution in [0.5, 0.6) is 0 Å². The Morgan fingerprint density at radius 2 is 2.57 bits per heavy atom. The molecule has 0 radical (unpaired) electrons. The van der Waals surface area contributed by atoms with Crippen LogP contribution in [-0.4, -0.2) is 25.2 Å². The highest BCUT2D eigenvalue weighted by Gasteiger charge is 2.39. The maximum atomic E-state index is 9.30. The number of nitriles is 1. The van der Waals surface area contributed by atoms with Crippen LogP contribution in [0.2, 0.25) is 0 Å². The lowest BCUT2D eigenvalue weighted by Gasteiger charge is -2.39. The molecule has 1 saturated heterocycles. The van der Waals surface area contributed by atoms with E-state index in [-0.39, 0.29) is 5.54 Å². The molecule has 0 aliphatic carbocycles. The average Bonchev–Trinajstić information content (AvgIpc) is 2.26. The van der Waals surface area contributed by atoms with Gasteiger partial charge in [0.15, 0.2) is 0 Å². The fraction of sp³-hybridized carbons (Fsp3) is 0.727. The molecule has 0 aromatic rings. The van der Waals surface area contributed by atoms with Crippen molar-refractivity contribution in [2.24, 2.45) is 5.92 Å². The Kier molecular flexibility index (Phi) is 4.12. The average molecular weight is 193 g/mol. The van der Waals surface area contributed by atoms with Gasteiger partial charge in [0.1, 0.15) is 5.54 Å². The number of nitrogens with zero attached hydrogens (tertiary/aromatic N) is 1. The van der Waals surface area contributed by atoms with Crippen molar-refractivity contribution >= 4 is 0 Å². The SMILES string of the molecule is C=CCNC1(C#N)CCNCC1CC. The van der Waals surface area contributed by atoms with Gasteiger partial charge in [0.05, 0.1) is 6.07 Å². The van der Waals surface area contributed by atoms with Gasteiger partial charge in [0.2, 0.25) is 0 Å². The van der Waals surface area contributed by atoms with Gasteiger partial charge in [0, 0.05) is 19.0 Å². The molecule has 0 aromatic heterocycles. The van der Waals surface area contributed by atoms with E-state index in [1.165, 1.54) is 0 Å². The Hall–Kier alpha value is -0.850. The van der Waals surface area contributed by atoms with Crippen molar-refractivity contribution in [3.8, 4) is 6.07 Å². The molecule has 0 amide bonds. The molecule has 3 nitrogen and oxygen atoms in total. The lowest BCUT2D eigenvalue weighted by molar-refractivity contribution is 0.212. The Labute approximate surface area is 86.2 Å². The van der Waals surface area contributed by atoms with Gasteiger partial charge >= 0.3 is 0 Å². The van der Waals surface area contributed by atoms with E-state index >= 15 is 0 Å². The first-order valence-corrected chi connectivity index (χ1v) is 5.27. The molecule has 0 bridgehead atoms. The van der Waals surface area contributed by atoms with Crippen LogP contribution in [0.1, 0.15) is 19.8 Å². The maximum absolute atomic E-state index is 9.30. The molecule has 14 heavy (non-hydrogen) atoms. The molecule has 0 saturated carbocycles. The molecule has 2 unspecified atom stereocenters. The van der Waals surface area contributed by atoms with Crippen molar-refractivity contribution in [3.05, 3.63) is 12.7 Å². The Balaban J connectivity index is 2.71.